The van der Waals surface area contributed by atoms with E-state index in [9.17, 15) is 9.18 Å². The number of rotatable bonds is 8. The average Bonchev–Trinajstić information content (AvgIpc) is 3.64. The van der Waals surface area contributed by atoms with Gasteiger partial charge in [-0.3, -0.25) is 9.36 Å². The Labute approximate surface area is 223 Å². The van der Waals surface area contributed by atoms with E-state index < -0.39 is 0 Å². The van der Waals surface area contributed by atoms with E-state index in [-0.39, 0.29) is 18.3 Å². The Kier molecular flexibility index (Phi) is 7.38. The second-order valence-electron chi connectivity index (χ2n) is 7.44. The van der Waals surface area contributed by atoms with Crippen molar-refractivity contribution in [2.45, 2.75) is 17.5 Å². The maximum absolute atomic E-state index is 13.1. The fourth-order valence-electron chi connectivity index (χ4n) is 3.29. The number of aromatic nitrogens is 4. The first-order chi connectivity index (χ1) is 17.5. The number of nitrogens with one attached hydrogen (secondary N) is 1. The number of furan rings is 1. The molecule has 36 heavy (non-hydrogen) atoms. The molecule has 182 valence electrons. The molecule has 7 nitrogen and oxygen atoms in total. The van der Waals surface area contributed by atoms with Crippen molar-refractivity contribution in [2.75, 3.05) is 0 Å². The van der Waals surface area contributed by atoms with Gasteiger partial charge < -0.3 is 9.73 Å². The quantitative estimate of drug-likeness (QED) is 0.214. The van der Waals surface area contributed by atoms with Crippen molar-refractivity contribution < 1.29 is 13.6 Å². The minimum absolute atomic E-state index is 0.278. The maximum Gasteiger partial charge on any atom is 0.271 e. The molecule has 3 aromatic heterocycles. The minimum Gasteiger partial charge on any atom is -0.461 e. The van der Waals surface area contributed by atoms with Crippen molar-refractivity contribution in [1.82, 2.24) is 25.1 Å². The van der Waals surface area contributed by atoms with Gasteiger partial charge in [-0.2, -0.15) is 0 Å². The largest absolute Gasteiger partial charge is 0.461 e. The van der Waals surface area contributed by atoms with Crippen LogP contribution in [-0.2, 0) is 12.3 Å². The summed E-state index contributed by atoms with van der Waals surface area (Å²) in [7, 11) is 0. The lowest BCUT2D eigenvalue weighted by atomic mass is 10.2. The lowest BCUT2D eigenvalue weighted by Crippen LogP contribution is -2.23. The SMILES string of the molecule is O=C(NCc1ccc(F)cc1)c1csc(CSc2nnc(-c3ccco3)n2-c2cc(Cl)ccc2Cl)n1. The summed E-state index contributed by atoms with van der Waals surface area (Å²) in [5.41, 5.74) is 1.72. The minimum atomic E-state index is -0.323. The Morgan fingerprint density at radius 2 is 1.97 bits per heavy atom. The summed E-state index contributed by atoms with van der Waals surface area (Å²) >= 11 is 15.5. The van der Waals surface area contributed by atoms with Crippen molar-refractivity contribution in [3.63, 3.8) is 0 Å². The van der Waals surface area contributed by atoms with Crippen LogP contribution in [0.2, 0.25) is 10.0 Å². The van der Waals surface area contributed by atoms with Gasteiger partial charge in [0.15, 0.2) is 10.9 Å². The van der Waals surface area contributed by atoms with Crippen LogP contribution in [-0.4, -0.2) is 25.7 Å². The molecule has 0 fully saturated rings. The van der Waals surface area contributed by atoms with Gasteiger partial charge >= 0.3 is 0 Å². The first kappa shape index (κ1) is 24.5. The Morgan fingerprint density at radius 1 is 1.14 bits per heavy atom. The maximum atomic E-state index is 13.1. The lowest BCUT2D eigenvalue weighted by Gasteiger charge is -2.11. The van der Waals surface area contributed by atoms with Gasteiger partial charge in [0.05, 0.1) is 22.7 Å². The number of benzene rings is 2. The third-order valence-corrected chi connectivity index (χ3v) is 7.53. The van der Waals surface area contributed by atoms with Crippen LogP contribution in [0.4, 0.5) is 4.39 Å². The number of hydrogen-bond donors (Lipinski definition) is 1. The number of carbonyl (C=O) groups excluding carboxylic acids is 1. The van der Waals surface area contributed by atoms with E-state index in [1.165, 1.54) is 35.2 Å². The van der Waals surface area contributed by atoms with E-state index in [0.717, 1.165) is 10.6 Å². The van der Waals surface area contributed by atoms with Gasteiger partial charge in [-0.1, -0.05) is 47.1 Å². The number of hydrogen-bond acceptors (Lipinski definition) is 7. The molecule has 0 bridgehead atoms. The van der Waals surface area contributed by atoms with Gasteiger partial charge in [-0.05, 0) is 48.0 Å². The Morgan fingerprint density at radius 3 is 2.75 bits per heavy atom. The third-order valence-electron chi connectivity index (χ3n) is 5.00. The van der Waals surface area contributed by atoms with Crippen LogP contribution in [0.1, 0.15) is 21.1 Å². The summed E-state index contributed by atoms with van der Waals surface area (Å²) in [5, 5.41) is 15.4. The fraction of sp³-hybridized carbons (Fsp3) is 0.0833. The number of carbonyl (C=O) groups is 1. The monoisotopic (exact) mass is 559 g/mol. The highest BCUT2D eigenvalue weighted by atomic mass is 35.5. The van der Waals surface area contributed by atoms with Crippen molar-refractivity contribution in [3.8, 4) is 17.3 Å². The molecule has 12 heteroatoms. The Balaban J connectivity index is 1.32. The molecule has 2 aromatic carbocycles. The molecule has 0 aliphatic carbocycles. The molecule has 0 aliphatic heterocycles. The number of amides is 1. The van der Waals surface area contributed by atoms with E-state index in [4.69, 9.17) is 27.6 Å². The zero-order chi connectivity index (χ0) is 25.1. The molecule has 0 unspecified atom stereocenters. The molecular formula is C24H16Cl2FN5O2S2. The standard InChI is InChI=1S/C24H16Cl2FN5O2S2/c25-15-5-8-17(26)19(10-15)32-22(20-2-1-9-34-20)30-31-24(32)36-13-21-29-18(12-35-21)23(33)28-11-14-3-6-16(27)7-4-14/h1-10,12H,11,13H2,(H,28,33). The summed E-state index contributed by atoms with van der Waals surface area (Å²) in [4.78, 5) is 16.9. The normalized spacial score (nSPS) is 11.1. The van der Waals surface area contributed by atoms with Gasteiger partial charge in [0, 0.05) is 16.9 Å². The van der Waals surface area contributed by atoms with Gasteiger partial charge in [0.1, 0.15) is 16.5 Å². The van der Waals surface area contributed by atoms with Crippen LogP contribution in [0.3, 0.4) is 0 Å². The molecule has 3 heterocycles. The molecular weight excluding hydrogens is 544 g/mol. The molecule has 1 amide bonds. The molecule has 0 spiro atoms. The fourth-order valence-corrected chi connectivity index (χ4v) is 5.39. The zero-order valence-corrected chi connectivity index (χ0v) is 21.5. The van der Waals surface area contributed by atoms with Crippen molar-refractivity contribution in [3.05, 3.63) is 98.4 Å². The van der Waals surface area contributed by atoms with Crippen molar-refractivity contribution in [2.24, 2.45) is 0 Å². The van der Waals surface area contributed by atoms with Crippen LogP contribution in [0.25, 0.3) is 17.3 Å². The number of halogens is 3. The van der Waals surface area contributed by atoms with Crippen LogP contribution in [0.15, 0.2) is 75.8 Å². The van der Waals surface area contributed by atoms with E-state index in [1.54, 1.807) is 58.7 Å². The first-order valence-corrected chi connectivity index (χ1v) is 13.1. The first-order valence-electron chi connectivity index (χ1n) is 10.5. The lowest BCUT2D eigenvalue weighted by molar-refractivity contribution is 0.0946. The predicted molar refractivity (Wildman–Crippen MR) is 138 cm³/mol. The highest BCUT2D eigenvalue weighted by Gasteiger charge is 2.21. The molecule has 5 aromatic rings. The molecule has 0 radical (unpaired) electrons. The predicted octanol–water partition coefficient (Wildman–Crippen LogP) is 6.65. The molecule has 1 N–H and O–H groups in total. The van der Waals surface area contributed by atoms with Crippen LogP contribution < -0.4 is 5.32 Å². The van der Waals surface area contributed by atoms with Gasteiger partial charge in [0.2, 0.25) is 5.82 Å². The summed E-state index contributed by atoms with van der Waals surface area (Å²) in [6.07, 6.45) is 1.55. The van der Waals surface area contributed by atoms with Crippen LogP contribution >= 0.6 is 46.3 Å². The van der Waals surface area contributed by atoms with Crippen molar-refractivity contribution >= 4 is 52.2 Å². The highest BCUT2D eigenvalue weighted by Crippen LogP contribution is 2.34. The Bertz CT molecular complexity index is 1500. The second kappa shape index (κ2) is 10.8. The molecule has 0 atom stereocenters. The van der Waals surface area contributed by atoms with Crippen molar-refractivity contribution in [1.29, 1.82) is 0 Å². The van der Waals surface area contributed by atoms with E-state index >= 15 is 0 Å². The van der Waals surface area contributed by atoms with Crippen LogP contribution in [0, 0.1) is 5.82 Å². The second-order valence-corrected chi connectivity index (χ2v) is 10.2. The number of nitrogens with zero attached hydrogens (tertiary/aromatic N) is 4. The summed E-state index contributed by atoms with van der Waals surface area (Å²) < 4.78 is 20.4. The average molecular weight is 560 g/mol. The van der Waals surface area contributed by atoms with E-state index in [1.807, 2.05) is 0 Å². The summed E-state index contributed by atoms with van der Waals surface area (Å²) in [6.45, 7) is 0.278. The summed E-state index contributed by atoms with van der Waals surface area (Å²) in [6, 6.07) is 14.6. The van der Waals surface area contributed by atoms with Gasteiger partial charge in [-0.15, -0.1) is 21.5 Å². The molecule has 0 aliphatic rings. The molecule has 0 saturated heterocycles. The number of thioether (sulfide) groups is 1. The summed E-state index contributed by atoms with van der Waals surface area (Å²) in [5.74, 6) is 0.827. The van der Waals surface area contributed by atoms with Crippen LogP contribution in [0.5, 0.6) is 0 Å². The topological polar surface area (TPSA) is 85.8 Å². The third kappa shape index (κ3) is 5.46. The van der Waals surface area contributed by atoms with E-state index in [0.29, 0.717) is 43.9 Å². The molecule has 0 saturated carbocycles. The number of thiazole rings is 1. The Hall–Kier alpha value is -3.18. The van der Waals surface area contributed by atoms with E-state index in [2.05, 4.69) is 20.5 Å². The smallest absolute Gasteiger partial charge is 0.271 e. The highest BCUT2D eigenvalue weighted by molar-refractivity contribution is 7.98. The zero-order valence-electron chi connectivity index (χ0n) is 18.3. The molecule has 5 rings (SSSR count). The van der Waals surface area contributed by atoms with Gasteiger partial charge in [-0.25, -0.2) is 9.37 Å². The van der Waals surface area contributed by atoms with Gasteiger partial charge in [0.25, 0.3) is 5.91 Å².